The fourth-order valence-electron chi connectivity index (χ4n) is 16.5. The molecule has 0 aromatic carbocycles. The summed E-state index contributed by atoms with van der Waals surface area (Å²) in [5, 5.41) is 12.6. The van der Waals surface area contributed by atoms with Crippen LogP contribution in [-0.2, 0) is 33.2 Å². The predicted molar refractivity (Wildman–Crippen MR) is 347 cm³/mol. The Labute approximate surface area is 530 Å². The molecule has 4 aliphatic carbocycles. The van der Waals surface area contributed by atoms with Gasteiger partial charge in [0.25, 0.3) is 0 Å². The highest BCUT2D eigenvalue weighted by atomic mass is 16.6. The molecule has 4 amide bonds. The topological polar surface area (TPSA) is 233 Å². The Kier molecular flexibility index (Phi) is 27.7. The summed E-state index contributed by atoms with van der Waals surface area (Å²) in [6.45, 7) is 43.0. The molecule has 11 unspecified atom stereocenters. The first-order chi connectivity index (χ1) is 41.1. The first-order valence-electron chi connectivity index (χ1n) is 33.4. The molecule has 5 rings (SSSR count). The Morgan fingerprint density at radius 1 is 0.489 bits per heavy atom. The van der Waals surface area contributed by atoms with Crippen molar-refractivity contribution < 1.29 is 52.3 Å². The average Bonchev–Trinajstić information content (AvgIpc) is 1.35. The van der Waals surface area contributed by atoms with Crippen molar-refractivity contribution in [2.24, 2.45) is 80.5 Å². The Bertz CT molecular complexity index is 2370. The largest absolute Gasteiger partial charge is 0.450 e. The lowest BCUT2D eigenvalue weighted by Gasteiger charge is -2.47. The quantitative estimate of drug-likeness (QED) is 0.0213. The first kappa shape index (κ1) is 74.4. The molecule has 5 fully saturated rings. The van der Waals surface area contributed by atoms with Crippen LogP contribution in [0.5, 0.6) is 0 Å². The summed E-state index contributed by atoms with van der Waals surface area (Å²) in [4.78, 5) is 74.1. The van der Waals surface area contributed by atoms with Gasteiger partial charge in [0, 0.05) is 50.9 Å². The van der Waals surface area contributed by atoms with Gasteiger partial charge < -0.3 is 54.4 Å². The molecule has 11 atom stereocenters. The molecule has 5 aliphatic rings. The van der Waals surface area contributed by atoms with Gasteiger partial charge >= 0.3 is 24.4 Å². The van der Waals surface area contributed by atoms with Crippen molar-refractivity contribution in [1.82, 2.24) is 26.2 Å². The van der Waals surface area contributed by atoms with Crippen molar-refractivity contribution in [3.05, 3.63) is 0 Å². The third kappa shape index (κ3) is 26.5. The van der Waals surface area contributed by atoms with Gasteiger partial charge in [0.2, 0.25) is 0 Å². The van der Waals surface area contributed by atoms with E-state index in [0.29, 0.717) is 78.7 Å². The van der Waals surface area contributed by atoms with Gasteiger partial charge in [-0.15, -0.1) is 0 Å². The van der Waals surface area contributed by atoms with Gasteiger partial charge in [0.05, 0.1) is 83.3 Å². The zero-order valence-corrected chi connectivity index (χ0v) is 57.9. The summed E-state index contributed by atoms with van der Waals surface area (Å²) < 4.78 is 39.9. The van der Waals surface area contributed by atoms with Gasteiger partial charge in [-0.25, -0.2) is 39.1 Å². The monoisotopic (exact) mass is 1240 g/mol. The SMILES string of the molecule is CCCOC(=O)NC1CC(C)(C)CC(C)(CN=C=NCC2(C)CC(C(C)NC(=O)OCC(CC)(COCCOCCOC)COC(=O)NC3CC(C)(C)CC(C)(CN=C=NCC4(C)CC(C(C)NC(=O)OCCN5CC5)CC(C)(C)C4)C3)CC(C)(C)C2)C1. The van der Waals surface area contributed by atoms with Crippen molar-refractivity contribution >= 4 is 36.4 Å². The highest BCUT2D eigenvalue weighted by molar-refractivity contribution is 5.69. The van der Waals surface area contributed by atoms with Crippen molar-refractivity contribution in [1.29, 1.82) is 0 Å². The van der Waals surface area contributed by atoms with E-state index >= 15 is 0 Å². The molecule has 20 heteroatoms. The number of nitrogens with one attached hydrogen (secondary N) is 4. The number of alkyl carbamates (subject to hydrolysis) is 4. The van der Waals surface area contributed by atoms with Gasteiger partial charge in [-0.1, -0.05) is 96.9 Å². The number of amides is 4. The smallest absolute Gasteiger partial charge is 0.407 e. The minimum Gasteiger partial charge on any atom is -0.450 e. The molecule has 1 heterocycles. The molecule has 1 aliphatic heterocycles. The molecule has 0 aromatic heterocycles. The van der Waals surface area contributed by atoms with E-state index in [1.807, 2.05) is 20.8 Å². The second kappa shape index (κ2) is 32.8. The fraction of sp³-hybridized carbons (Fsp3) is 0.912. The number of hydrogen-bond acceptors (Lipinski definition) is 16. The Hall–Kier alpha value is -4.32. The fourth-order valence-corrected chi connectivity index (χ4v) is 16.5. The molecule has 88 heavy (non-hydrogen) atoms. The summed E-state index contributed by atoms with van der Waals surface area (Å²) >= 11 is 0. The maximum atomic E-state index is 13.9. The minimum absolute atomic E-state index is 0.00326. The van der Waals surface area contributed by atoms with E-state index in [9.17, 15) is 19.2 Å². The van der Waals surface area contributed by atoms with E-state index in [4.69, 9.17) is 53.1 Å². The summed E-state index contributed by atoms with van der Waals surface area (Å²) in [5.74, 6) is 0.451. The summed E-state index contributed by atoms with van der Waals surface area (Å²) in [6.07, 6.45) is 10.3. The van der Waals surface area contributed by atoms with Crippen molar-refractivity contribution in [2.75, 3.05) is 112 Å². The van der Waals surface area contributed by atoms with Gasteiger partial charge in [-0.2, -0.15) is 0 Å². The number of aliphatic imine (C=N–C) groups is 4. The summed E-state index contributed by atoms with van der Waals surface area (Å²) in [5.41, 5.74) is -1.35. The van der Waals surface area contributed by atoms with Gasteiger partial charge in [-0.05, 0) is 159 Å². The second-order valence-corrected chi connectivity index (χ2v) is 32.6. The normalized spacial score (nSPS) is 30.0. The standard InChI is InChI=1S/C68H121N9O11/c1-18-23-85-58(80)75-54-33-62(9,10)39-66(15,35-54)43-71-48-70-42-65(14)32-53(30-61(7,8)38-65)51(4)74-57(79)87-46-68(19-2,45-84-28-27-83-26-25-82-17)47-88-59(81)76-55-34-63(11,12)40-67(16,36-55)44-72-49-69-41-64(13)31-52(29-60(5,6)37-64)50(3)73-56(78)86-24-22-77-20-21-77/h50-55H,18-47H2,1-17H3,(H,73,78)(H,74,79)(H,75,80)(H,76,81). The maximum Gasteiger partial charge on any atom is 0.407 e. The van der Waals surface area contributed by atoms with Crippen LogP contribution < -0.4 is 21.3 Å². The highest BCUT2D eigenvalue weighted by Crippen LogP contribution is 2.52. The molecule has 0 radical (unpaired) electrons. The van der Waals surface area contributed by atoms with E-state index in [1.165, 1.54) is 0 Å². The van der Waals surface area contributed by atoms with Crippen LogP contribution >= 0.6 is 0 Å². The van der Waals surface area contributed by atoms with Gasteiger partial charge in [-0.3, -0.25) is 4.90 Å². The summed E-state index contributed by atoms with van der Waals surface area (Å²) in [7, 11) is 1.63. The molecule has 0 bridgehead atoms. The molecular weight excluding hydrogens is 1120 g/mol. The highest BCUT2D eigenvalue weighted by Gasteiger charge is 2.47. The van der Waals surface area contributed by atoms with E-state index in [2.05, 4.69) is 128 Å². The molecule has 1 saturated heterocycles. The van der Waals surface area contributed by atoms with Crippen LogP contribution in [0.2, 0.25) is 0 Å². The van der Waals surface area contributed by atoms with E-state index < -0.39 is 17.6 Å². The number of ether oxygens (including phenoxy) is 7. The zero-order valence-electron chi connectivity index (χ0n) is 57.9. The molecular formula is C68H121N9O11. The van der Waals surface area contributed by atoms with Gasteiger partial charge in [0.15, 0.2) is 0 Å². The Morgan fingerprint density at radius 2 is 0.875 bits per heavy atom. The molecule has 4 saturated carbocycles. The predicted octanol–water partition coefficient (Wildman–Crippen LogP) is 12.7. The van der Waals surface area contributed by atoms with Crippen LogP contribution in [0.25, 0.3) is 0 Å². The lowest BCUT2D eigenvalue weighted by Crippen LogP contribution is -2.49. The number of carbonyl (C=O) groups excluding carboxylic acids is 4. The molecule has 20 nitrogen and oxygen atoms in total. The van der Waals surface area contributed by atoms with Crippen LogP contribution in [0.1, 0.15) is 201 Å². The Morgan fingerprint density at radius 3 is 1.31 bits per heavy atom. The second-order valence-electron chi connectivity index (χ2n) is 32.6. The lowest BCUT2D eigenvalue weighted by molar-refractivity contribution is -0.0534. The third-order valence-electron chi connectivity index (χ3n) is 19.3. The van der Waals surface area contributed by atoms with Crippen molar-refractivity contribution in [2.45, 2.75) is 225 Å². The number of nitrogens with zero attached hydrogens (tertiary/aromatic N) is 5. The van der Waals surface area contributed by atoms with Crippen LogP contribution in [0.3, 0.4) is 0 Å². The minimum atomic E-state index is -0.836. The molecule has 4 N–H and O–H groups in total. The maximum absolute atomic E-state index is 13.9. The lowest BCUT2D eigenvalue weighted by atomic mass is 9.59. The number of rotatable bonds is 32. The number of hydrogen-bond donors (Lipinski definition) is 4. The van der Waals surface area contributed by atoms with E-state index in [1.54, 1.807) is 7.11 Å². The molecule has 0 spiro atoms. The molecule has 0 aromatic rings. The Balaban J connectivity index is 1.14. The summed E-state index contributed by atoms with van der Waals surface area (Å²) in [6, 6.07) is 5.77. The zero-order chi connectivity index (χ0) is 65.1. The van der Waals surface area contributed by atoms with Crippen molar-refractivity contribution in [3.8, 4) is 0 Å². The molecule has 504 valence electrons. The van der Waals surface area contributed by atoms with E-state index in [-0.39, 0.29) is 111 Å². The number of carbonyl (C=O) groups is 4. The van der Waals surface area contributed by atoms with Crippen LogP contribution in [-0.4, -0.2) is 178 Å². The average molecular weight is 1240 g/mol. The van der Waals surface area contributed by atoms with E-state index in [0.717, 1.165) is 96.7 Å². The van der Waals surface area contributed by atoms with Crippen LogP contribution in [0.4, 0.5) is 19.2 Å². The third-order valence-corrected chi connectivity index (χ3v) is 19.3. The van der Waals surface area contributed by atoms with Crippen LogP contribution in [0.15, 0.2) is 20.0 Å². The first-order valence-corrected chi connectivity index (χ1v) is 33.4. The number of methoxy groups -OCH3 is 1. The van der Waals surface area contributed by atoms with Crippen molar-refractivity contribution in [3.63, 3.8) is 0 Å². The van der Waals surface area contributed by atoms with Gasteiger partial charge in [0.1, 0.15) is 19.8 Å². The van der Waals surface area contributed by atoms with Crippen LogP contribution in [0, 0.1) is 60.6 Å².